The first-order valence-electron chi connectivity index (χ1n) is 6.41. The SMILES string of the molecule is Cc1cc2ccccc2nc1SCC(=O)Nc1nccs1. The lowest BCUT2D eigenvalue weighted by molar-refractivity contribution is -0.113. The molecule has 106 valence electrons. The summed E-state index contributed by atoms with van der Waals surface area (Å²) in [6.45, 7) is 2.01. The van der Waals surface area contributed by atoms with Gasteiger partial charge in [-0.25, -0.2) is 9.97 Å². The zero-order valence-electron chi connectivity index (χ0n) is 11.4. The number of anilines is 1. The van der Waals surface area contributed by atoms with Crippen molar-refractivity contribution in [1.82, 2.24) is 9.97 Å². The highest BCUT2D eigenvalue weighted by Gasteiger charge is 2.08. The second kappa shape index (κ2) is 6.24. The maximum atomic E-state index is 11.9. The third-order valence-corrected chi connectivity index (χ3v) is 4.67. The van der Waals surface area contributed by atoms with E-state index < -0.39 is 0 Å². The van der Waals surface area contributed by atoms with E-state index in [0.29, 0.717) is 10.9 Å². The Morgan fingerprint density at radius 1 is 1.38 bits per heavy atom. The number of pyridine rings is 1. The Morgan fingerprint density at radius 2 is 2.24 bits per heavy atom. The molecule has 1 aromatic carbocycles. The Labute approximate surface area is 130 Å². The van der Waals surface area contributed by atoms with Crippen molar-refractivity contribution in [3.8, 4) is 0 Å². The van der Waals surface area contributed by atoms with Crippen molar-refractivity contribution >= 4 is 45.0 Å². The molecule has 3 aromatic rings. The molecule has 0 fully saturated rings. The van der Waals surface area contributed by atoms with Crippen LogP contribution in [0, 0.1) is 6.92 Å². The lowest BCUT2D eigenvalue weighted by Gasteiger charge is -2.06. The first-order valence-corrected chi connectivity index (χ1v) is 8.27. The quantitative estimate of drug-likeness (QED) is 0.745. The van der Waals surface area contributed by atoms with Crippen molar-refractivity contribution in [1.29, 1.82) is 0 Å². The zero-order valence-corrected chi connectivity index (χ0v) is 13.0. The molecular weight excluding hydrogens is 302 g/mol. The second-order valence-electron chi connectivity index (χ2n) is 4.48. The minimum atomic E-state index is -0.0655. The van der Waals surface area contributed by atoms with Crippen molar-refractivity contribution in [3.05, 3.63) is 47.5 Å². The molecule has 1 N–H and O–H groups in total. The van der Waals surface area contributed by atoms with Crippen LogP contribution in [0.3, 0.4) is 0 Å². The van der Waals surface area contributed by atoms with Crippen molar-refractivity contribution in [2.75, 3.05) is 11.1 Å². The maximum absolute atomic E-state index is 11.9. The molecular formula is C15H13N3OS2. The summed E-state index contributed by atoms with van der Waals surface area (Å²) in [5.41, 5.74) is 2.03. The number of hydrogen-bond acceptors (Lipinski definition) is 5. The van der Waals surface area contributed by atoms with Crippen LogP contribution in [0.25, 0.3) is 10.9 Å². The number of carbonyl (C=O) groups is 1. The van der Waals surface area contributed by atoms with Gasteiger partial charge in [-0.05, 0) is 24.6 Å². The van der Waals surface area contributed by atoms with E-state index >= 15 is 0 Å². The fourth-order valence-electron chi connectivity index (χ4n) is 1.92. The molecule has 0 saturated heterocycles. The Balaban J connectivity index is 1.70. The summed E-state index contributed by atoms with van der Waals surface area (Å²) in [7, 11) is 0. The van der Waals surface area contributed by atoms with Crippen LogP contribution in [0.15, 0.2) is 46.9 Å². The van der Waals surface area contributed by atoms with E-state index in [-0.39, 0.29) is 5.91 Å². The van der Waals surface area contributed by atoms with E-state index in [4.69, 9.17) is 0 Å². The monoisotopic (exact) mass is 315 g/mol. The Morgan fingerprint density at radius 3 is 3.05 bits per heavy atom. The van der Waals surface area contributed by atoms with Gasteiger partial charge in [0.25, 0.3) is 0 Å². The number of thioether (sulfide) groups is 1. The van der Waals surface area contributed by atoms with Gasteiger partial charge >= 0.3 is 0 Å². The first-order chi connectivity index (χ1) is 10.2. The number of carbonyl (C=O) groups excluding carboxylic acids is 1. The molecule has 4 nitrogen and oxygen atoms in total. The molecule has 0 aliphatic carbocycles. The number of benzene rings is 1. The summed E-state index contributed by atoms with van der Waals surface area (Å²) >= 11 is 2.86. The normalized spacial score (nSPS) is 10.7. The van der Waals surface area contributed by atoms with Crippen molar-refractivity contribution in [3.63, 3.8) is 0 Å². The Hall–Kier alpha value is -1.92. The maximum Gasteiger partial charge on any atom is 0.236 e. The average Bonchev–Trinajstić information content (AvgIpc) is 2.98. The van der Waals surface area contributed by atoms with Gasteiger partial charge in [0, 0.05) is 17.0 Å². The van der Waals surface area contributed by atoms with Gasteiger partial charge in [-0.15, -0.1) is 11.3 Å². The minimum Gasteiger partial charge on any atom is -0.301 e. The molecule has 6 heteroatoms. The molecule has 0 saturated carbocycles. The Kier molecular flexibility index (Phi) is 4.17. The van der Waals surface area contributed by atoms with E-state index in [2.05, 4.69) is 21.4 Å². The number of nitrogens with one attached hydrogen (secondary N) is 1. The summed E-state index contributed by atoms with van der Waals surface area (Å²) in [5.74, 6) is 0.260. The van der Waals surface area contributed by atoms with Crippen LogP contribution in [-0.4, -0.2) is 21.6 Å². The van der Waals surface area contributed by atoms with Crippen molar-refractivity contribution in [2.24, 2.45) is 0 Å². The number of aryl methyl sites for hydroxylation is 1. The predicted molar refractivity (Wildman–Crippen MR) is 87.9 cm³/mol. The van der Waals surface area contributed by atoms with Crippen LogP contribution in [-0.2, 0) is 4.79 Å². The summed E-state index contributed by atoms with van der Waals surface area (Å²) in [4.78, 5) is 20.5. The molecule has 0 radical (unpaired) electrons. The van der Waals surface area contributed by atoms with Crippen LogP contribution >= 0.6 is 23.1 Å². The summed E-state index contributed by atoms with van der Waals surface area (Å²) in [6.07, 6.45) is 1.67. The lowest BCUT2D eigenvalue weighted by atomic mass is 10.2. The molecule has 21 heavy (non-hydrogen) atoms. The number of amides is 1. The summed E-state index contributed by atoms with van der Waals surface area (Å²) in [5, 5.41) is 7.24. The zero-order chi connectivity index (χ0) is 14.7. The minimum absolute atomic E-state index is 0.0655. The number of thiazole rings is 1. The van der Waals surface area contributed by atoms with E-state index in [1.807, 2.05) is 36.6 Å². The number of rotatable bonds is 4. The van der Waals surface area contributed by atoms with Gasteiger partial charge in [-0.3, -0.25) is 4.79 Å². The molecule has 2 aromatic heterocycles. The van der Waals surface area contributed by atoms with Crippen LogP contribution in [0.2, 0.25) is 0 Å². The summed E-state index contributed by atoms with van der Waals surface area (Å²) < 4.78 is 0. The van der Waals surface area contributed by atoms with Crippen LogP contribution in [0.1, 0.15) is 5.56 Å². The fraction of sp³-hybridized carbons (Fsp3) is 0.133. The van der Waals surface area contributed by atoms with E-state index in [9.17, 15) is 4.79 Å². The molecule has 0 atom stereocenters. The molecule has 0 unspecified atom stereocenters. The molecule has 0 aliphatic heterocycles. The molecule has 0 spiro atoms. The second-order valence-corrected chi connectivity index (χ2v) is 6.34. The van der Waals surface area contributed by atoms with Crippen molar-refractivity contribution < 1.29 is 4.79 Å². The van der Waals surface area contributed by atoms with Gasteiger partial charge in [-0.1, -0.05) is 30.0 Å². The van der Waals surface area contributed by atoms with Crippen molar-refractivity contribution in [2.45, 2.75) is 11.9 Å². The predicted octanol–water partition coefficient (Wildman–Crippen LogP) is 3.73. The molecule has 2 heterocycles. The van der Waals surface area contributed by atoms with Gasteiger partial charge in [0.05, 0.1) is 11.3 Å². The Bertz CT molecular complexity index is 772. The highest BCUT2D eigenvalue weighted by atomic mass is 32.2. The van der Waals surface area contributed by atoms with Gasteiger partial charge < -0.3 is 5.32 Å². The van der Waals surface area contributed by atoms with Crippen LogP contribution in [0.5, 0.6) is 0 Å². The third kappa shape index (κ3) is 3.40. The van der Waals surface area contributed by atoms with E-state index in [0.717, 1.165) is 21.5 Å². The molecule has 1 amide bonds. The molecule has 0 bridgehead atoms. The average molecular weight is 315 g/mol. The van der Waals surface area contributed by atoms with Crippen LogP contribution < -0.4 is 5.32 Å². The lowest BCUT2D eigenvalue weighted by Crippen LogP contribution is -2.13. The standard InChI is InChI=1S/C15H13N3OS2/c1-10-8-11-4-2-3-5-12(11)17-14(10)21-9-13(19)18-15-16-6-7-20-15/h2-8H,9H2,1H3,(H,16,18,19). The summed E-state index contributed by atoms with van der Waals surface area (Å²) in [6, 6.07) is 10.1. The molecule has 0 aliphatic rings. The third-order valence-electron chi connectivity index (χ3n) is 2.89. The largest absolute Gasteiger partial charge is 0.301 e. The van der Waals surface area contributed by atoms with Gasteiger partial charge in [-0.2, -0.15) is 0 Å². The fourth-order valence-corrected chi connectivity index (χ4v) is 3.26. The smallest absolute Gasteiger partial charge is 0.236 e. The number of nitrogens with zero attached hydrogens (tertiary/aromatic N) is 2. The number of para-hydroxylation sites is 1. The number of aromatic nitrogens is 2. The van der Waals surface area contributed by atoms with Gasteiger partial charge in [0.1, 0.15) is 5.03 Å². The highest BCUT2D eigenvalue weighted by Crippen LogP contribution is 2.24. The highest BCUT2D eigenvalue weighted by molar-refractivity contribution is 8.00. The molecule has 3 rings (SSSR count). The van der Waals surface area contributed by atoms with E-state index in [1.165, 1.54) is 23.1 Å². The number of hydrogen-bond donors (Lipinski definition) is 1. The van der Waals surface area contributed by atoms with Crippen LogP contribution in [0.4, 0.5) is 5.13 Å². The van der Waals surface area contributed by atoms with Gasteiger partial charge in [0.15, 0.2) is 5.13 Å². The first kappa shape index (κ1) is 14.0. The van der Waals surface area contributed by atoms with Gasteiger partial charge in [0.2, 0.25) is 5.91 Å². The number of fused-ring (bicyclic) bond motifs is 1. The van der Waals surface area contributed by atoms with E-state index in [1.54, 1.807) is 6.20 Å². The topological polar surface area (TPSA) is 54.9 Å².